The first kappa shape index (κ1) is 27.2. The van der Waals surface area contributed by atoms with Crippen LogP contribution >= 0.6 is 0 Å². The summed E-state index contributed by atoms with van der Waals surface area (Å²) in [4.78, 5) is 30.5. The van der Waals surface area contributed by atoms with Crippen LogP contribution in [0.5, 0.6) is 17.2 Å². The summed E-state index contributed by atoms with van der Waals surface area (Å²) in [6.07, 6.45) is 0.613. The number of alkyl halides is 3. The van der Waals surface area contributed by atoms with Crippen LogP contribution in [0.1, 0.15) is 36.5 Å². The molecule has 2 aliphatic heterocycles. The van der Waals surface area contributed by atoms with Gasteiger partial charge in [-0.05, 0) is 80.0 Å². The van der Waals surface area contributed by atoms with Gasteiger partial charge in [-0.25, -0.2) is 4.98 Å². The van der Waals surface area contributed by atoms with Crippen molar-refractivity contribution < 1.29 is 32.2 Å². The zero-order valence-corrected chi connectivity index (χ0v) is 21.7. The maximum Gasteiger partial charge on any atom is 0.416 e. The second kappa shape index (κ2) is 11.4. The molecule has 2 aromatic carbocycles. The number of hydrogen-bond acceptors (Lipinski definition) is 6. The molecule has 0 unspecified atom stereocenters. The highest BCUT2D eigenvalue weighted by atomic mass is 19.4. The van der Waals surface area contributed by atoms with Gasteiger partial charge in [0.2, 0.25) is 5.91 Å². The first-order chi connectivity index (χ1) is 19.1. The lowest BCUT2D eigenvalue weighted by Crippen LogP contribution is -2.22. The number of amides is 2. The maximum absolute atomic E-state index is 13.6. The van der Waals surface area contributed by atoms with Crippen molar-refractivity contribution in [3.63, 3.8) is 0 Å². The minimum absolute atomic E-state index is 0.0386. The monoisotopic (exact) mass is 552 g/mol. The number of carbonyl (C=O) groups is 2. The van der Waals surface area contributed by atoms with E-state index in [0.717, 1.165) is 38.1 Å². The van der Waals surface area contributed by atoms with Crippen LogP contribution in [0, 0.1) is 0 Å². The summed E-state index contributed by atoms with van der Waals surface area (Å²) in [5.74, 6) is 0.932. The molecule has 2 N–H and O–H groups in total. The molecule has 11 heteroatoms. The molecule has 0 saturated carbocycles. The van der Waals surface area contributed by atoms with Crippen molar-refractivity contribution in [2.45, 2.75) is 32.5 Å². The second-order valence-electron chi connectivity index (χ2n) is 9.67. The predicted octanol–water partition coefficient (Wildman–Crippen LogP) is 5.86. The Morgan fingerprint density at radius 1 is 1.02 bits per heavy atom. The summed E-state index contributed by atoms with van der Waals surface area (Å²) in [6.45, 7) is 3.40. The molecule has 0 bridgehead atoms. The van der Waals surface area contributed by atoms with Crippen molar-refractivity contribution in [2.24, 2.45) is 0 Å². The average Bonchev–Trinajstić information content (AvgIpc) is 3.40. The number of aromatic nitrogens is 1. The predicted molar refractivity (Wildman–Crippen MR) is 143 cm³/mol. The summed E-state index contributed by atoms with van der Waals surface area (Å²) >= 11 is 0. The van der Waals surface area contributed by atoms with Gasteiger partial charge in [0.1, 0.15) is 29.7 Å². The molecule has 5 rings (SSSR count). The van der Waals surface area contributed by atoms with Gasteiger partial charge < -0.3 is 20.1 Å². The molecule has 3 aromatic rings. The first-order valence-corrected chi connectivity index (χ1v) is 12.8. The first-order valence-electron chi connectivity index (χ1n) is 12.8. The second-order valence-corrected chi connectivity index (χ2v) is 9.67. The number of anilines is 2. The van der Waals surface area contributed by atoms with Crippen LogP contribution in [0.15, 0.2) is 60.3 Å². The Hall–Kier alpha value is -4.38. The quantitative estimate of drug-likeness (QED) is 0.382. The largest absolute Gasteiger partial charge is 0.488 e. The standard InChI is InChI=1S/C29H27F3N4O4/c1-18(37)34-27-15-25(6-7-33-27)40-24-4-5-26-20(13-24)12-21(17-39-26)28(38)35-23-11-19(16-36-8-2-3-9-36)10-22(14-23)29(30,31)32/h4-7,10-15H,2-3,8-9,16-17H2,1H3,(H,35,38)(H,33,34,37). The zero-order chi connectivity index (χ0) is 28.3. The minimum atomic E-state index is -4.54. The molecule has 0 aliphatic carbocycles. The van der Waals surface area contributed by atoms with Crippen LogP contribution in [0.25, 0.3) is 6.08 Å². The van der Waals surface area contributed by atoms with Crippen molar-refractivity contribution in [3.05, 3.63) is 77.0 Å². The van der Waals surface area contributed by atoms with E-state index in [4.69, 9.17) is 9.47 Å². The maximum atomic E-state index is 13.6. The Labute approximate surface area is 228 Å². The van der Waals surface area contributed by atoms with E-state index in [-0.39, 0.29) is 23.8 Å². The number of pyridine rings is 1. The fourth-order valence-corrected chi connectivity index (χ4v) is 4.64. The number of nitrogens with zero attached hydrogens (tertiary/aromatic N) is 2. The van der Waals surface area contributed by atoms with Gasteiger partial charge in [0.05, 0.1) is 11.1 Å². The highest BCUT2D eigenvalue weighted by molar-refractivity contribution is 6.07. The lowest BCUT2D eigenvalue weighted by Gasteiger charge is -2.20. The fraction of sp³-hybridized carbons (Fsp3) is 0.276. The molecule has 0 spiro atoms. The fourth-order valence-electron chi connectivity index (χ4n) is 4.64. The Morgan fingerprint density at radius 3 is 2.55 bits per heavy atom. The van der Waals surface area contributed by atoms with Crippen LogP contribution in [-0.4, -0.2) is 41.4 Å². The van der Waals surface area contributed by atoms with E-state index in [1.165, 1.54) is 13.1 Å². The highest BCUT2D eigenvalue weighted by Gasteiger charge is 2.32. The Morgan fingerprint density at radius 2 is 1.80 bits per heavy atom. The third kappa shape index (κ3) is 6.78. The van der Waals surface area contributed by atoms with Crippen LogP contribution < -0.4 is 20.1 Å². The van der Waals surface area contributed by atoms with Crippen LogP contribution in [0.4, 0.5) is 24.7 Å². The lowest BCUT2D eigenvalue weighted by molar-refractivity contribution is -0.137. The van der Waals surface area contributed by atoms with Gasteiger partial charge in [0.15, 0.2) is 0 Å². The average molecular weight is 553 g/mol. The summed E-state index contributed by atoms with van der Waals surface area (Å²) in [5, 5.41) is 5.20. The van der Waals surface area contributed by atoms with Crippen molar-refractivity contribution in [2.75, 3.05) is 30.3 Å². The van der Waals surface area contributed by atoms with Crippen molar-refractivity contribution in [3.8, 4) is 17.2 Å². The molecular formula is C29H27F3N4O4. The van der Waals surface area contributed by atoms with E-state index < -0.39 is 17.6 Å². The number of rotatable bonds is 7. The molecule has 2 aliphatic rings. The van der Waals surface area contributed by atoms with Crippen LogP contribution in [-0.2, 0) is 22.3 Å². The van der Waals surface area contributed by atoms with E-state index in [2.05, 4.69) is 20.5 Å². The molecule has 1 saturated heterocycles. The van der Waals surface area contributed by atoms with Gasteiger partial charge in [-0.1, -0.05) is 0 Å². The molecule has 1 aromatic heterocycles. The van der Waals surface area contributed by atoms with Crippen LogP contribution in [0.3, 0.4) is 0 Å². The number of hydrogen-bond donors (Lipinski definition) is 2. The van der Waals surface area contributed by atoms with Crippen molar-refractivity contribution >= 4 is 29.4 Å². The number of nitrogens with one attached hydrogen (secondary N) is 2. The molecule has 2 amide bonds. The minimum Gasteiger partial charge on any atom is -0.488 e. The Kier molecular flexibility index (Phi) is 7.74. The van der Waals surface area contributed by atoms with E-state index in [9.17, 15) is 22.8 Å². The zero-order valence-electron chi connectivity index (χ0n) is 21.7. The summed E-state index contributed by atoms with van der Waals surface area (Å²) in [6, 6.07) is 11.9. The number of carbonyl (C=O) groups excluding carboxylic acids is 2. The number of ether oxygens (including phenoxy) is 2. The van der Waals surface area contributed by atoms with E-state index >= 15 is 0 Å². The molecule has 8 nitrogen and oxygen atoms in total. The molecule has 208 valence electrons. The van der Waals surface area contributed by atoms with Crippen LogP contribution in [0.2, 0.25) is 0 Å². The third-order valence-corrected chi connectivity index (χ3v) is 6.44. The normalized spacial score (nSPS) is 15.1. The van der Waals surface area contributed by atoms with Gasteiger partial charge in [0.25, 0.3) is 5.91 Å². The SMILES string of the molecule is CC(=O)Nc1cc(Oc2ccc3c(c2)C=C(C(=O)Nc2cc(CN4CCCC4)cc(C(F)(F)F)c2)CO3)ccn1. The number of benzene rings is 2. The molecule has 0 atom stereocenters. The summed E-state index contributed by atoms with van der Waals surface area (Å²) < 4.78 is 52.4. The molecule has 1 fully saturated rings. The summed E-state index contributed by atoms with van der Waals surface area (Å²) in [7, 11) is 0. The topological polar surface area (TPSA) is 92.8 Å². The van der Waals surface area contributed by atoms with Gasteiger partial charge in [-0.2, -0.15) is 13.2 Å². The van der Waals surface area contributed by atoms with Gasteiger partial charge in [-0.3, -0.25) is 14.5 Å². The summed E-state index contributed by atoms with van der Waals surface area (Å²) in [5.41, 5.74) is 0.582. The molecule has 3 heterocycles. The van der Waals surface area contributed by atoms with E-state index in [1.807, 2.05) is 0 Å². The third-order valence-electron chi connectivity index (χ3n) is 6.44. The van der Waals surface area contributed by atoms with Gasteiger partial charge in [-0.15, -0.1) is 0 Å². The number of likely N-dealkylation sites (tertiary alicyclic amines) is 1. The molecule has 0 radical (unpaired) electrons. The highest BCUT2D eigenvalue weighted by Crippen LogP contribution is 2.34. The van der Waals surface area contributed by atoms with Crippen molar-refractivity contribution in [1.29, 1.82) is 0 Å². The van der Waals surface area contributed by atoms with E-state index in [1.54, 1.807) is 42.5 Å². The number of halogens is 3. The number of fused-ring (bicyclic) bond motifs is 1. The van der Waals surface area contributed by atoms with Gasteiger partial charge in [0, 0.05) is 37.0 Å². The van der Waals surface area contributed by atoms with Crippen molar-refractivity contribution in [1.82, 2.24) is 9.88 Å². The van der Waals surface area contributed by atoms with E-state index in [0.29, 0.717) is 40.7 Å². The molecular weight excluding hydrogens is 525 g/mol. The van der Waals surface area contributed by atoms with Gasteiger partial charge >= 0.3 is 6.18 Å². The molecule has 40 heavy (non-hydrogen) atoms. The Balaban J connectivity index is 1.33. The lowest BCUT2D eigenvalue weighted by atomic mass is 10.1. The smallest absolute Gasteiger partial charge is 0.416 e. The Bertz CT molecular complexity index is 1470.